The molecule has 2 aromatic heterocycles. The van der Waals surface area contributed by atoms with Gasteiger partial charge >= 0.3 is 0 Å². The predicted molar refractivity (Wildman–Crippen MR) is 92.2 cm³/mol. The number of fused-ring (bicyclic) bond motifs is 1. The third-order valence-corrected chi connectivity index (χ3v) is 5.65. The molecule has 0 spiro atoms. The summed E-state index contributed by atoms with van der Waals surface area (Å²) in [6, 6.07) is 0. The number of amides is 2. The van der Waals surface area contributed by atoms with E-state index >= 15 is 0 Å². The van der Waals surface area contributed by atoms with E-state index in [1.54, 1.807) is 9.80 Å². The molecule has 0 aromatic carbocycles. The van der Waals surface area contributed by atoms with Gasteiger partial charge in [-0.15, -0.1) is 11.3 Å². The molecule has 7 nitrogen and oxygen atoms in total. The number of nitrogens with zero attached hydrogens (tertiary/aromatic N) is 4. The number of rotatable bonds is 2. The lowest BCUT2D eigenvalue weighted by molar-refractivity contribution is -0.138. The maximum Gasteiger partial charge on any atom is 0.262 e. The second-order valence-corrected chi connectivity index (χ2v) is 7.23. The first-order chi connectivity index (χ1) is 11.4. The standard InChI is InChI=1S/C16H20N4O3S/c1-10-11(2)24-15-14(10)16(23)20(9-17-15)8-13(22)19-6-4-18(5-7-19)12(3)21/h9H,4-8H2,1-3H3. The molecule has 0 aliphatic carbocycles. The smallest absolute Gasteiger partial charge is 0.262 e. The van der Waals surface area contributed by atoms with E-state index in [-0.39, 0.29) is 23.9 Å². The SMILES string of the molecule is CC(=O)N1CCN(C(=O)Cn2cnc3sc(C)c(C)c3c2=O)CC1. The molecule has 0 saturated carbocycles. The van der Waals surface area contributed by atoms with Gasteiger partial charge in [-0.05, 0) is 19.4 Å². The van der Waals surface area contributed by atoms with Gasteiger partial charge in [0.1, 0.15) is 11.4 Å². The number of hydrogen-bond donors (Lipinski definition) is 0. The van der Waals surface area contributed by atoms with Crippen molar-refractivity contribution in [3.63, 3.8) is 0 Å². The van der Waals surface area contributed by atoms with Crippen LogP contribution in [0.5, 0.6) is 0 Å². The zero-order valence-electron chi connectivity index (χ0n) is 14.0. The molecular weight excluding hydrogens is 328 g/mol. The van der Waals surface area contributed by atoms with Gasteiger partial charge in [-0.1, -0.05) is 0 Å². The molecule has 3 heterocycles. The second-order valence-electron chi connectivity index (χ2n) is 6.03. The van der Waals surface area contributed by atoms with Crippen molar-refractivity contribution >= 4 is 33.4 Å². The van der Waals surface area contributed by atoms with Crippen molar-refractivity contribution in [2.45, 2.75) is 27.3 Å². The molecule has 0 bridgehead atoms. The van der Waals surface area contributed by atoms with Crippen molar-refractivity contribution in [1.29, 1.82) is 0 Å². The van der Waals surface area contributed by atoms with E-state index in [0.717, 1.165) is 10.4 Å². The van der Waals surface area contributed by atoms with E-state index in [0.29, 0.717) is 36.4 Å². The normalized spacial score (nSPS) is 15.1. The molecule has 1 fully saturated rings. The molecule has 2 aromatic rings. The van der Waals surface area contributed by atoms with Crippen LogP contribution < -0.4 is 5.56 Å². The van der Waals surface area contributed by atoms with Gasteiger partial charge in [0.2, 0.25) is 11.8 Å². The van der Waals surface area contributed by atoms with Crippen molar-refractivity contribution in [3.05, 3.63) is 27.1 Å². The molecule has 1 aliphatic heterocycles. The third kappa shape index (κ3) is 2.93. The summed E-state index contributed by atoms with van der Waals surface area (Å²) in [5.41, 5.74) is 0.766. The van der Waals surface area contributed by atoms with E-state index in [1.165, 1.54) is 29.2 Å². The zero-order valence-corrected chi connectivity index (χ0v) is 14.9. The summed E-state index contributed by atoms with van der Waals surface area (Å²) < 4.78 is 1.38. The molecule has 0 radical (unpaired) electrons. The van der Waals surface area contributed by atoms with Crippen molar-refractivity contribution in [3.8, 4) is 0 Å². The number of hydrogen-bond acceptors (Lipinski definition) is 5. The van der Waals surface area contributed by atoms with Crippen molar-refractivity contribution < 1.29 is 9.59 Å². The second kappa shape index (κ2) is 6.35. The molecular formula is C16H20N4O3S. The lowest BCUT2D eigenvalue weighted by atomic mass is 10.2. The van der Waals surface area contributed by atoms with Gasteiger partial charge < -0.3 is 9.80 Å². The van der Waals surface area contributed by atoms with Crippen LogP contribution in [0.15, 0.2) is 11.1 Å². The Bertz CT molecular complexity index is 862. The van der Waals surface area contributed by atoms with Crippen molar-refractivity contribution in [1.82, 2.24) is 19.4 Å². The number of carbonyl (C=O) groups excluding carboxylic acids is 2. The topological polar surface area (TPSA) is 75.5 Å². The fourth-order valence-corrected chi connectivity index (χ4v) is 3.89. The minimum absolute atomic E-state index is 0.0177. The molecule has 0 unspecified atom stereocenters. The van der Waals surface area contributed by atoms with Crippen LogP contribution in [0.3, 0.4) is 0 Å². The third-order valence-electron chi connectivity index (χ3n) is 4.54. The average Bonchev–Trinajstić information content (AvgIpc) is 2.85. The summed E-state index contributed by atoms with van der Waals surface area (Å²) in [4.78, 5) is 45.9. The predicted octanol–water partition coefficient (Wildman–Crippen LogP) is 0.766. The summed E-state index contributed by atoms with van der Waals surface area (Å²) in [6.07, 6.45) is 1.45. The Labute approximate surface area is 143 Å². The first kappa shape index (κ1) is 16.6. The number of aromatic nitrogens is 2. The Morgan fingerprint density at radius 2 is 1.79 bits per heavy atom. The van der Waals surface area contributed by atoms with Crippen molar-refractivity contribution in [2.75, 3.05) is 26.2 Å². The number of piperazine rings is 1. The Morgan fingerprint density at radius 1 is 1.17 bits per heavy atom. The van der Waals surface area contributed by atoms with Gasteiger partial charge in [-0.2, -0.15) is 0 Å². The molecule has 2 amide bonds. The van der Waals surface area contributed by atoms with Crippen molar-refractivity contribution in [2.24, 2.45) is 0 Å². The molecule has 0 N–H and O–H groups in total. The first-order valence-corrected chi connectivity index (χ1v) is 8.68. The van der Waals surface area contributed by atoms with E-state index in [9.17, 15) is 14.4 Å². The van der Waals surface area contributed by atoms with Gasteiger partial charge in [0, 0.05) is 38.0 Å². The zero-order chi connectivity index (χ0) is 17.4. The van der Waals surface area contributed by atoms with Gasteiger partial charge in [0.05, 0.1) is 11.7 Å². The fraction of sp³-hybridized carbons (Fsp3) is 0.500. The lowest BCUT2D eigenvalue weighted by Crippen LogP contribution is -2.51. The molecule has 24 heavy (non-hydrogen) atoms. The Morgan fingerprint density at radius 3 is 2.42 bits per heavy atom. The van der Waals surface area contributed by atoms with Crippen LogP contribution in [0.2, 0.25) is 0 Å². The minimum atomic E-state index is -0.169. The van der Waals surface area contributed by atoms with E-state index in [2.05, 4.69) is 4.98 Å². The summed E-state index contributed by atoms with van der Waals surface area (Å²) in [6.45, 7) is 7.46. The number of thiophene rings is 1. The van der Waals surface area contributed by atoms with Crippen LogP contribution in [0.4, 0.5) is 0 Å². The molecule has 1 saturated heterocycles. The molecule has 0 atom stereocenters. The largest absolute Gasteiger partial charge is 0.339 e. The number of carbonyl (C=O) groups is 2. The summed E-state index contributed by atoms with van der Waals surface area (Å²) >= 11 is 1.49. The maximum atomic E-state index is 12.6. The van der Waals surface area contributed by atoms with Gasteiger partial charge in [0.25, 0.3) is 5.56 Å². The summed E-state index contributed by atoms with van der Waals surface area (Å²) in [5, 5.41) is 0.606. The first-order valence-electron chi connectivity index (χ1n) is 7.87. The van der Waals surface area contributed by atoms with Crippen LogP contribution in [-0.2, 0) is 16.1 Å². The van der Waals surface area contributed by atoms with Gasteiger partial charge in [-0.25, -0.2) is 4.98 Å². The van der Waals surface area contributed by atoms with Crippen LogP contribution in [0, 0.1) is 13.8 Å². The summed E-state index contributed by atoms with van der Waals surface area (Å²) in [7, 11) is 0. The Kier molecular flexibility index (Phi) is 4.40. The number of aryl methyl sites for hydroxylation is 2. The highest BCUT2D eigenvalue weighted by Gasteiger charge is 2.23. The highest BCUT2D eigenvalue weighted by molar-refractivity contribution is 7.18. The van der Waals surface area contributed by atoms with E-state index in [4.69, 9.17) is 0 Å². The van der Waals surface area contributed by atoms with Crippen LogP contribution in [0.1, 0.15) is 17.4 Å². The molecule has 8 heteroatoms. The van der Waals surface area contributed by atoms with Gasteiger partial charge in [-0.3, -0.25) is 19.0 Å². The quantitative estimate of drug-likeness (QED) is 0.803. The Hall–Kier alpha value is -2.22. The Balaban J connectivity index is 1.77. The van der Waals surface area contributed by atoms with E-state index < -0.39 is 0 Å². The fourth-order valence-electron chi connectivity index (χ4n) is 2.90. The highest BCUT2D eigenvalue weighted by atomic mass is 32.1. The highest BCUT2D eigenvalue weighted by Crippen LogP contribution is 2.25. The maximum absolute atomic E-state index is 12.6. The van der Waals surface area contributed by atoms with Gasteiger partial charge in [0.15, 0.2) is 0 Å². The molecule has 3 rings (SSSR count). The lowest BCUT2D eigenvalue weighted by Gasteiger charge is -2.34. The van der Waals surface area contributed by atoms with Crippen LogP contribution in [0.25, 0.3) is 10.2 Å². The monoisotopic (exact) mass is 348 g/mol. The van der Waals surface area contributed by atoms with E-state index in [1.807, 2.05) is 13.8 Å². The average molecular weight is 348 g/mol. The van der Waals surface area contributed by atoms with Crippen LogP contribution >= 0.6 is 11.3 Å². The molecule has 1 aliphatic rings. The van der Waals surface area contributed by atoms with Crippen LogP contribution in [-0.4, -0.2) is 57.3 Å². The molecule has 128 valence electrons. The minimum Gasteiger partial charge on any atom is -0.339 e. The summed E-state index contributed by atoms with van der Waals surface area (Å²) in [5.74, 6) is -0.0951.